The van der Waals surface area contributed by atoms with Crippen LogP contribution in [0.15, 0.2) is 53.3 Å². The molecular formula is C20H21N5O5. The Morgan fingerprint density at radius 3 is 2.60 bits per heavy atom. The van der Waals surface area contributed by atoms with Crippen LogP contribution in [0.25, 0.3) is 10.9 Å². The van der Waals surface area contributed by atoms with Crippen molar-refractivity contribution >= 4 is 28.3 Å². The molecule has 0 saturated heterocycles. The third-order valence-corrected chi connectivity index (χ3v) is 4.48. The van der Waals surface area contributed by atoms with E-state index in [0.29, 0.717) is 35.6 Å². The van der Waals surface area contributed by atoms with Crippen LogP contribution in [0.2, 0.25) is 0 Å². The van der Waals surface area contributed by atoms with E-state index < -0.39 is 17.0 Å². The van der Waals surface area contributed by atoms with Crippen LogP contribution in [0.1, 0.15) is 18.8 Å². The smallest absolute Gasteiger partial charge is 0.319 e. The number of methoxy groups -OCH3 is 1. The predicted molar refractivity (Wildman–Crippen MR) is 112 cm³/mol. The molecule has 2 N–H and O–H groups in total. The maximum absolute atomic E-state index is 12.9. The fraction of sp³-hybridized carbons (Fsp3) is 0.250. The number of rotatable bonds is 7. The van der Waals surface area contributed by atoms with Crippen LogP contribution < -0.4 is 16.2 Å². The number of ether oxygens (including phenoxy) is 1. The monoisotopic (exact) mass is 411 g/mol. The van der Waals surface area contributed by atoms with Crippen LogP contribution in [-0.2, 0) is 11.3 Å². The van der Waals surface area contributed by atoms with Crippen molar-refractivity contribution in [2.75, 3.05) is 19.0 Å². The highest BCUT2D eigenvalue weighted by molar-refractivity contribution is 5.89. The number of para-hydroxylation sites is 1. The number of nitro groups is 1. The van der Waals surface area contributed by atoms with Crippen molar-refractivity contribution < 1.29 is 14.5 Å². The molecule has 156 valence electrons. The van der Waals surface area contributed by atoms with E-state index in [-0.39, 0.29) is 11.2 Å². The van der Waals surface area contributed by atoms with Gasteiger partial charge < -0.3 is 15.4 Å². The number of benzene rings is 2. The number of non-ortho nitro benzene ring substituents is 1. The fourth-order valence-electron chi connectivity index (χ4n) is 3.01. The van der Waals surface area contributed by atoms with Gasteiger partial charge in [0.2, 0.25) is 0 Å². The molecule has 0 aliphatic carbocycles. The molecule has 0 aliphatic heterocycles. The Balaban J connectivity index is 1.82. The van der Waals surface area contributed by atoms with Gasteiger partial charge in [0.05, 0.1) is 35.0 Å². The molecule has 0 fully saturated rings. The summed E-state index contributed by atoms with van der Waals surface area (Å²) in [5.41, 5.74) is 0.651. The Morgan fingerprint density at radius 2 is 1.93 bits per heavy atom. The quantitative estimate of drug-likeness (QED) is 0.454. The fourth-order valence-corrected chi connectivity index (χ4v) is 3.01. The average molecular weight is 411 g/mol. The number of carbonyl (C=O) groups excluding carboxylic acids is 1. The van der Waals surface area contributed by atoms with Crippen LogP contribution in [-0.4, -0.2) is 34.2 Å². The lowest BCUT2D eigenvalue weighted by Crippen LogP contribution is -2.36. The summed E-state index contributed by atoms with van der Waals surface area (Å²) in [4.78, 5) is 40.1. The van der Waals surface area contributed by atoms with Crippen LogP contribution in [0.5, 0.6) is 0 Å². The van der Waals surface area contributed by atoms with Gasteiger partial charge in [0.1, 0.15) is 5.82 Å². The number of hydrogen-bond donors (Lipinski definition) is 2. The molecule has 0 saturated carbocycles. The van der Waals surface area contributed by atoms with Gasteiger partial charge in [0, 0.05) is 24.9 Å². The van der Waals surface area contributed by atoms with Crippen molar-refractivity contribution in [3.63, 3.8) is 0 Å². The minimum Gasteiger partial charge on any atom is -0.383 e. The predicted octanol–water partition coefficient (Wildman–Crippen LogP) is 2.83. The van der Waals surface area contributed by atoms with Gasteiger partial charge in [-0.15, -0.1) is 0 Å². The summed E-state index contributed by atoms with van der Waals surface area (Å²) in [6, 6.07) is 11.4. The van der Waals surface area contributed by atoms with E-state index in [1.165, 1.54) is 28.8 Å². The van der Waals surface area contributed by atoms with E-state index in [2.05, 4.69) is 15.6 Å². The van der Waals surface area contributed by atoms with Crippen molar-refractivity contribution in [2.24, 2.45) is 0 Å². The molecular weight excluding hydrogens is 390 g/mol. The number of urea groups is 1. The maximum atomic E-state index is 12.9. The molecule has 10 nitrogen and oxygen atoms in total. The van der Waals surface area contributed by atoms with Crippen LogP contribution in [0.4, 0.5) is 16.2 Å². The van der Waals surface area contributed by atoms with E-state index in [9.17, 15) is 19.7 Å². The standard InChI is InChI=1S/C20H21N5O5/c1-13(21-20(27)22-14-7-9-15(10-8-14)25(28)29)18-23-17-6-4-3-5-16(17)19(26)24(18)11-12-30-2/h3-10,13H,11-12H2,1-2H3,(H2,21,22,27). The van der Waals surface area contributed by atoms with E-state index in [4.69, 9.17) is 4.74 Å². The van der Waals surface area contributed by atoms with Crippen molar-refractivity contribution in [1.82, 2.24) is 14.9 Å². The van der Waals surface area contributed by atoms with E-state index >= 15 is 0 Å². The normalized spacial score (nSPS) is 11.8. The Hall–Kier alpha value is -3.79. The Kier molecular flexibility index (Phi) is 6.38. The Morgan fingerprint density at radius 1 is 1.23 bits per heavy atom. The molecule has 10 heteroatoms. The number of nitrogens with one attached hydrogen (secondary N) is 2. The molecule has 2 amide bonds. The van der Waals surface area contributed by atoms with Gasteiger partial charge in [-0.2, -0.15) is 0 Å². The first-order valence-corrected chi connectivity index (χ1v) is 9.21. The SMILES string of the molecule is COCCn1c(C(C)NC(=O)Nc2ccc([N+](=O)[O-])cc2)nc2ccccc2c1=O. The van der Waals surface area contributed by atoms with Crippen LogP contribution in [0, 0.1) is 10.1 Å². The Bertz CT molecular complexity index is 1130. The zero-order valence-electron chi connectivity index (χ0n) is 16.5. The summed E-state index contributed by atoms with van der Waals surface area (Å²) in [7, 11) is 1.54. The van der Waals surface area contributed by atoms with E-state index in [0.717, 1.165) is 0 Å². The lowest BCUT2D eigenvalue weighted by Gasteiger charge is -2.19. The number of anilines is 1. The topological polar surface area (TPSA) is 128 Å². The van der Waals surface area contributed by atoms with Crippen molar-refractivity contribution in [1.29, 1.82) is 0 Å². The summed E-state index contributed by atoms with van der Waals surface area (Å²) >= 11 is 0. The van der Waals surface area contributed by atoms with E-state index in [1.807, 2.05) is 0 Å². The number of nitro benzene ring substituents is 1. The van der Waals surface area contributed by atoms with Crippen LogP contribution in [0.3, 0.4) is 0 Å². The average Bonchev–Trinajstić information content (AvgIpc) is 2.73. The van der Waals surface area contributed by atoms with Gasteiger partial charge in [0.25, 0.3) is 11.2 Å². The molecule has 0 aliphatic rings. The number of hydrogen-bond acceptors (Lipinski definition) is 6. The summed E-state index contributed by atoms with van der Waals surface area (Å²) in [6.07, 6.45) is 0. The van der Waals surface area contributed by atoms with E-state index in [1.54, 1.807) is 38.3 Å². The first-order valence-electron chi connectivity index (χ1n) is 9.21. The molecule has 1 aromatic heterocycles. The van der Waals surface area contributed by atoms with Gasteiger partial charge in [-0.3, -0.25) is 19.5 Å². The van der Waals surface area contributed by atoms with Gasteiger partial charge in [-0.05, 0) is 31.2 Å². The molecule has 1 atom stereocenters. The molecule has 2 aromatic carbocycles. The highest BCUT2D eigenvalue weighted by Crippen LogP contribution is 2.17. The first-order chi connectivity index (χ1) is 14.4. The third-order valence-electron chi connectivity index (χ3n) is 4.48. The largest absolute Gasteiger partial charge is 0.383 e. The second-order valence-corrected chi connectivity index (χ2v) is 6.56. The van der Waals surface area contributed by atoms with Crippen LogP contribution >= 0.6 is 0 Å². The number of carbonyl (C=O) groups is 1. The summed E-state index contributed by atoms with van der Waals surface area (Å²) in [5.74, 6) is 0.398. The second-order valence-electron chi connectivity index (χ2n) is 6.56. The maximum Gasteiger partial charge on any atom is 0.319 e. The molecule has 0 bridgehead atoms. The third kappa shape index (κ3) is 4.61. The highest BCUT2D eigenvalue weighted by atomic mass is 16.6. The second kappa shape index (κ2) is 9.14. The lowest BCUT2D eigenvalue weighted by atomic mass is 10.2. The zero-order chi connectivity index (χ0) is 21.7. The number of amides is 2. The highest BCUT2D eigenvalue weighted by Gasteiger charge is 2.18. The Labute approximate surface area is 171 Å². The zero-order valence-corrected chi connectivity index (χ0v) is 16.5. The van der Waals surface area contributed by atoms with Gasteiger partial charge in [0.15, 0.2) is 0 Å². The molecule has 30 heavy (non-hydrogen) atoms. The van der Waals surface area contributed by atoms with Gasteiger partial charge in [-0.1, -0.05) is 12.1 Å². The first kappa shape index (κ1) is 20.9. The lowest BCUT2D eigenvalue weighted by molar-refractivity contribution is -0.384. The summed E-state index contributed by atoms with van der Waals surface area (Å²) in [5, 5.41) is 16.6. The molecule has 3 rings (SSSR count). The van der Waals surface area contributed by atoms with Crippen molar-refractivity contribution in [3.05, 3.63) is 74.8 Å². The van der Waals surface area contributed by atoms with Crippen molar-refractivity contribution in [3.8, 4) is 0 Å². The molecule has 0 radical (unpaired) electrons. The minimum absolute atomic E-state index is 0.0724. The summed E-state index contributed by atoms with van der Waals surface area (Å²) in [6.45, 7) is 2.32. The number of aromatic nitrogens is 2. The van der Waals surface area contributed by atoms with Gasteiger partial charge in [-0.25, -0.2) is 9.78 Å². The summed E-state index contributed by atoms with van der Waals surface area (Å²) < 4.78 is 6.59. The minimum atomic E-state index is -0.586. The molecule has 1 heterocycles. The number of nitrogens with zero attached hydrogens (tertiary/aromatic N) is 3. The number of fused-ring (bicyclic) bond motifs is 1. The molecule has 0 spiro atoms. The van der Waals surface area contributed by atoms with Crippen molar-refractivity contribution in [2.45, 2.75) is 19.5 Å². The molecule has 3 aromatic rings. The van der Waals surface area contributed by atoms with Gasteiger partial charge >= 0.3 is 6.03 Å². The molecule has 1 unspecified atom stereocenters.